The van der Waals surface area contributed by atoms with E-state index in [4.69, 9.17) is 0 Å². The Kier molecular flexibility index (Phi) is 360. The van der Waals surface area contributed by atoms with E-state index in [1.165, 1.54) is 0 Å². The summed E-state index contributed by atoms with van der Waals surface area (Å²) in [6.45, 7) is 0. The molecule has 0 aromatic rings. The molecule has 0 aromatic heterocycles. The monoisotopic (exact) mass is 359 g/mol. The molecule has 0 atom stereocenters. The topological polar surface area (TPSA) is 0 Å². The van der Waals surface area contributed by atoms with E-state index < -0.39 is 0 Å². The van der Waals surface area contributed by atoms with Gasteiger partial charge in [0.15, 0.2) is 0 Å². The minimum absolute atomic E-state index is 0. The van der Waals surface area contributed by atoms with Crippen molar-refractivity contribution in [3.63, 3.8) is 0 Å². The molecule has 0 bridgehead atoms. The van der Waals surface area contributed by atoms with Gasteiger partial charge in [0, 0.05) is 74.1 Å². The second-order valence-electron chi connectivity index (χ2n) is 0. The van der Waals surface area contributed by atoms with Crippen LogP contribution in [-0.4, -0.2) is 0 Å². The average molecular weight is 359 g/mol. The maximum Gasteiger partial charge on any atom is 0 e. The van der Waals surface area contributed by atoms with Gasteiger partial charge >= 0.3 is 0 Å². The Labute approximate surface area is 80.6 Å². The largest absolute Gasteiger partial charge is 0.0776 e. The van der Waals surface area contributed by atoms with Crippen LogP contribution in [0.15, 0.2) is 0 Å². The van der Waals surface area contributed by atoms with E-state index in [-0.39, 0.29) is 81.5 Å². The molecule has 0 saturated carbocycles. The molecule has 0 rings (SSSR count). The Morgan fingerprint density at radius 3 is 1.00 bits per heavy atom. The molecule has 0 aromatic carbocycles. The maximum atomic E-state index is 0. The summed E-state index contributed by atoms with van der Waals surface area (Å²) in [4.78, 5) is 0. The van der Waals surface area contributed by atoms with Gasteiger partial charge in [0.2, 0.25) is 0 Å². The normalized spacial score (nSPS) is 0. The molecule has 0 aliphatic heterocycles. The summed E-state index contributed by atoms with van der Waals surface area (Å²) in [6, 6.07) is 0. The van der Waals surface area contributed by atoms with E-state index >= 15 is 0 Å². The predicted octanol–water partition coefficient (Wildman–Crippen LogP) is 0.626. The SMILES string of the molecule is C.[Cr].[Fe].[V].[W]. The Hall–Kier alpha value is 2.32. The maximum absolute atomic E-state index is 0. The van der Waals surface area contributed by atoms with Crippen LogP contribution in [0, 0.1) is 0 Å². The van der Waals surface area contributed by atoms with Crippen LogP contribution in [0.5, 0.6) is 0 Å². The fourth-order valence-corrected chi connectivity index (χ4v) is 0. The van der Waals surface area contributed by atoms with E-state index in [0.717, 1.165) is 0 Å². The third-order valence-electron chi connectivity index (χ3n) is 0. The third kappa shape index (κ3) is 21.9. The molecule has 33 valence electrons. The summed E-state index contributed by atoms with van der Waals surface area (Å²) < 4.78 is 0. The molecule has 0 heterocycles. The molecule has 0 N–H and O–H groups in total. The molecule has 0 saturated heterocycles. The zero-order valence-electron chi connectivity index (χ0n) is 1.62. The van der Waals surface area contributed by atoms with Crippen molar-refractivity contribution in [2.75, 3.05) is 0 Å². The first-order valence-electron chi connectivity index (χ1n) is 0. The Balaban J connectivity index is 0. The van der Waals surface area contributed by atoms with Crippen molar-refractivity contribution in [1.82, 2.24) is 0 Å². The molecule has 0 amide bonds. The standard InChI is InChI=1S/CH4.Cr.Fe.V.W/h1H4;;;;. The first kappa shape index (κ1) is 54.2. The quantitative estimate of drug-likeness (QED) is 0.557. The van der Waals surface area contributed by atoms with E-state index in [1.807, 2.05) is 0 Å². The van der Waals surface area contributed by atoms with Crippen molar-refractivity contribution >= 4 is 0 Å². The van der Waals surface area contributed by atoms with Gasteiger partial charge < -0.3 is 0 Å². The van der Waals surface area contributed by atoms with Gasteiger partial charge in [-0.15, -0.1) is 0 Å². The van der Waals surface area contributed by atoms with Crippen LogP contribution in [0.25, 0.3) is 0 Å². The fourth-order valence-electron chi connectivity index (χ4n) is 0. The molecule has 0 fully saturated rings. The molecular weight excluding hydrogens is 355 g/mol. The summed E-state index contributed by atoms with van der Waals surface area (Å²) in [5, 5.41) is 0. The van der Waals surface area contributed by atoms with Gasteiger partial charge in [-0.05, 0) is 0 Å². The van der Waals surface area contributed by atoms with E-state index in [0.29, 0.717) is 0 Å². The van der Waals surface area contributed by atoms with Crippen molar-refractivity contribution < 1.29 is 74.1 Å². The van der Waals surface area contributed by atoms with Gasteiger partial charge in [-0.3, -0.25) is 0 Å². The number of rotatable bonds is 0. The van der Waals surface area contributed by atoms with Gasteiger partial charge in [-0.2, -0.15) is 0 Å². The zero-order valence-corrected chi connectivity index (χ0v) is 8.33. The van der Waals surface area contributed by atoms with Gasteiger partial charge in [0.25, 0.3) is 0 Å². The minimum Gasteiger partial charge on any atom is -0.0776 e. The van der Waals surface area contributed by atoms with Crippen molar-refractivity contribution in [3.05, 3.63) is 0 Å². The Morgan fingerprint density at radius 2 is 1.00 bits per heavy atom. The number of hydrogen-bond donors (Lipinski definition) is 0. The van der Waals surface area contributed by atoms with Crippen molar-refractivity contribution in [2.45, 2.75) is 7.43 Å². The molecular formula is CH4CrFeVW. The minimum atomic E-state index is 0. The second kappa shape index (κ2) is 33.2. The van der Waals surface area contributed by atoms with E-state index in [1.54, 1.807) is 0 Å². The smallest absolute Gasteiger partial charge is 0 e. The Morgan fingerprint density at radius 1 is 1.00 bits per heavy atom. The van der Waals surface area contributed by atoms with Crippen LogP contribution >= 0.6 is 0 Å². The van der Waals surface area contributed by atoms with E-state index in [9.17, 15) is 0 Å². The summed E-state index contributed by atoms with van der Waals surface area (Å²) in [7, 11) is 0. The van der Waals surface area contributed by atoms with Gasteiger partial charge in [0.05, 0.1) is 0 Å². The summed E-state index contributed by atoms with van der Waals surface area (Å²) in [5.41, 5.74) is 0. The summed E-state index contributed by atoms with van der Waals surface area (Å²) >= 11 is 0. The first-order valence-corrected chi connectivity index (χ1v) is 0. The van der Waals surface area contributed by atoms with Crippen molar-refractivity contribution in [1.29, 1.82) is 0 Å². The summed E-state index contributed by atoms with van der Waals surface area (Å²) in [6.07, 6.45) is 0. The predicted molar refractivity (Wildman–Crippen MR) is 6.73 cm³/mol. The fraction of sp³-hybridized carbons (Fsp3) is 1.00. The average Bonchev–Trinajstić information content (AvgIpc) is 0. The Bertz CT molecular complexity index is 11.6. The van der Waals surface area contributed by atoms with Crippen LogP contribution in [-0.2, 0) is 74.1 Å². The van der Waals surface area contributed by atoms with Crippen LogP contribution in [0.1, 0.15) is 7.43 Å². The van der Waals surface area contributed by atoms with Crippen LogP contribution in [0.2, 0.25) is 0 Å². The van der Waals surface area contributed by atoms with Crippen LogP contribution in [0.4, 0.5) is 0 Å². The third-order valence-corrected chi connectivity index (χ3v) is 0. The molecule has 0 nitrogen and oxygen atoms in total. The van der Waals surface area contributed by atoms with Crippen molar-refractivity contribution in [3.8, 4) is 0 Å². The van der Waals surface area contributed by atoms with Crippen LogP contribution in [0.3, 0.4) is 0 Å². The van der Waals surface area contributed by atoms with Crippen LogP contribution < -0.4 is 0 Å². The zero-order chi connectivity index (χ0) is 0. The molecule has 5 heavy (non-hydrogen) atoms. The molecule has 0 unspecified atom stereocenters. The second-order valence-corrected chi connectivity index (χ2v) is 0. The number of hydrogen-bond acceptors (Lipinski definition) is 0. The molecule has 0 spiro atoms. The summed E-state index contributed by atoms with van der Waals surface area (Å²) in [5.74, 6) is 0. The van der Waals surface area contributed by atoms with Gasteiger partial charge in [-0.1, -0.05) is 7.43 Å². The molecule has 1 radical (unpaired) electrons. The van der Waals surface area contributed by atoms with Crippen molar-refractivity contribution in [2.24, 2.45) is 0 Å². The molecule has 0 aliphatic rings. The van der Waals surface area contributed by atoms with Gasteiger partial charge in [0.1, 0.15) is 0 Å². The molecule has 4 heteroatoms. The van der Waals surface area contributed by atoms with Gasteiger partial charge in [-0.25, -0.2) is 0 Å². The van der Waals surface area contributed by atoms with E-state index in [2.05, 4.69) is 0 Å². The first-order chi connectivity index (χ1) is 0. The molecule has 0 aliphatic carbocycles.